The van der Waals surface area contributed by atoms with Crippen molar-refractivity contribution >= 4 is 23.4 Å². The molecule has 0 aromatic heterocycles. The van der Waals surface area contributed by atoms with Crippen molar-refractivity contribution in [3.8, 4) is 0 Å². The summed E-state index contributed by atoms with van der Waals surface area (Å²) >= 11 is 0. The van der Waals surface area contributed by atoms with Gasteiger partial charge in [-0.05, 0) is 56.3 Å². The lowest BCUT2D eigenvalue weighted by atomic mass is 10.0. The van der Waals surface area contributed by atoms with Gasteiger partial charge in [0.2, 0.25) is 0 Å². The van der Waals surface area contributed by atoms with Crippen molar-refractivity contribution < 1.29 is 14.4 Å². The Kier molecular flexibility index (Phi) is 4.51. The number of likely N-dealkylation sites (N-methyl/N-ethyl adjacent to an activating group) is 1. The molecule has 2 aliphatic rings. The van der Waals surface area contributed by atoms with Gasteiger partial charge in [-0.25, -0.2) is 4.90 Å². The molecule has 0 bridgehead atoms. The summed E-state index contributed by atoms with van der Waals surface area (Å²) in [5.41, 5.74) is 3.52. The average molecular weight is 377 g/mol. The number of piperazine rings is 1. The first-order valence-corrected chi connectivity index (χ1v) is 9.44. The molecule has 28 heavy (non-hydrogen) atoms. The van der Waals surface area contributed by atoms with Gasteiger partial charge in [-0.2, -0.15) is 0 Å². The number of anilines is 1. The number of carbonyl (C=O) groups excluding carboxylic acids is 3. The number of hydrogen-bond acceptors (Lipinski definition) is 4. The van der Waals surface area contributed by atoms with E-state index in [-0.39, 0.29) is 17.7 Å². The molecule has 4 rings (SSSR count). The van der Waals surface area contributed by atoms with Gasteiger partial charge in [0.25, 0.3) is 17.7 Å². The first kappa shape index (κ1) is 18.4. The summed E-state index contributed by atoms with van der Waals surface area (Å²) in [5, 5.41) is 0. The Hall–Kier alpha value is -2.99. The molecule has 1 fully saturated rings. The van der Waals surface area contributed by atoms with Gasteiger partial charge in [-0.15, -0.1) is 0 Å². The number of nitrogens with zero attached hydrogens (tertiary/aromatic N) is 3. The van der Waals surface area contributed by atoms with Crippen molar-refractivity contribution in [2.24, 2.45) is 0 Å². The van der Waals surface area contributed by atoms with E-state index in [0.717, 1.165) is 24.2 Å². The third kappa shape index (κ3) is 2.99. The number of benzene rings is 2. The Balaban J connectivity index is 1.66. The fraction of sp³-hybridized carbons (Fsp3) is 0.318. The van der Waals surface area contributed by atoms with Crippen LogP contribution in [-0.2, 0) is 0 Å². The largest absolute Gasteiger partial charge is 0.336 e. The van der Waals surface area contributed by atoms with E-state index in [1.54, 1.807) is 23.1 Å². The Labute approximate surface area is 164 Å². The predicted molar refractivity (Wildman–Crippen MR) is 107 cm³/mol. The van der Waals surface area contributed by atoms with Crippen LogP contribution in [0.2, 0.25) is 0 Å². The number of rotatable bonds is 2. The van der Waals surface area contributed by atoms with Crippen LogP contribution in [0.5, 0.6) is 0 Å². The van der Waals surface area contributed by atoms with Crippen molar-refractivity contribution in [1.29, 1.82) is 0 Å². The van der Waals surface area contributed by atoms with Crippen molar-refractivity contribution in [2.45, 2.75) is 13.8 Å². The highest BCUT2D eigenvalue weighted by Gasteiger charge is 2.38. The lowest BCUT2D eigenvalue weighted by molar-refractivity contribution is 0.0664. The summed E-state index contributed by atoms with van der Waals surface area (Å²) in [4.78, 5) is 44.0. The number of imide groups is 1. The van der Waals surface area contributed by atoms with Crippen LogP contribution in [0.15, 0.2) is 36.4 Å². The minimum absolute atomic E-state index is 0.0960. The van der Waals surface area contributed by atoms with Gasteiger partial charge in [0.05, 0.1) is 16.8 Å². The van der Waals surface area contributed by atoms with E-state index in [9.17, 15) is 14.4 Å². The molecule has 6 nitrogen and oxygen atoms in total. The molecule has 0 N–H and O–H groups in total. The average Bonchev–Trinajstić information content (AvgIpc) is 2.94. The fourth-order valence-electron chi connectivity index (χ4n) is 3.75. The molecule has 3 amide bonds. The number of hydrogen-bond donors (Lipinski definition) is 0. The third-order valence-corrected chi connectivity index (χ3v) is 5.53. The Morgan fingerprint density at radius 1 is 0.857 bits per heavy atom. The molecule has 2 heterocycles. The van der Waals surface area contributed by atoms with Gasteiger partial charge in [0.15, 0.2) is 0 Å². The summed E-state index contributed by atoms with van der Waals surface area (Å²) in [5.74, 6) is -0.810. The van der Waals surface area contributed by atoms with Crippen LogP contribution in [0, 0.1) is 13.8 Å². The second-order valence-electron chi connectivity index (χ2n) is 7.59. The zero-order valence-electron chi connectivity index (χ0n) is 16.4. The predicted octanol–water partition coefficient (Wildman–Crippen LogP) is 2.49. The topological polar surface area (TPSA) is 60.9 Å². The second-order valence-corrected chi connectivity index (χ2v) is 7.59. The monoisotopic (exact) mass is 377 g/mol. The standard InChI is InChI=1S/C22H23N3O3/c1-14-4-5-15(2)19(12-14)25-21(27)17-7-6-16(13-18(17)22(25)28)20(26)24-10-8-23(3)9-11-24/h4-7,12-13H,8-11H2,1-3H3. The fourth-order valence-corrected chi connectivity index (χ4v) is 3.75. The van der Waals surface area contributed by atoms with Crippen LogP contribution >= 0.6 is 0 Å². The van der Waals surface area contributed by atoms with E-state index in [0.29, 0.717) is 35.5 Å². The minimum Gasteiger partial charge on any atom is -0.336 e. The summed E-state index contributed by atoms with van der Waals surface area (Å²) < 4.78 is 0. The summed E-state index contributed by atoms with van der Waals surface area (Å²) in [6.45, 7) is 6.78. The number of amides is 3. The van der Waals surface area contributed by atoms with E-state index < -0.39 is 0 Å². The maximum atomic E-state index is 13.0. The van der Waals surface area contributed by atoms with E-state index in [4.69, 9.17) is 0 Å². The molecule has 6 heteroatoms. The Bertz CT molecular complexity index is 991. The molecular formula is C22H23N3O3. The minimum atomic E-state index is -0.373. The SMILES string of the molecule is Cc1ccc(C)c(N2C(=O)c3ccc(C(=O)N4CCN(C)CC4)cc3C2=O)c1. The summed E-state index contributed by atoms with van der Waals surface area (Å²) in [6.07, 6.45) is 0. The van der Waals surface area contributed by atoms with Crippen LogP contribution in [0.4, 0.5) is 5.69 Å². The highest BCUT2D eigenvalue weighted by atomic mass is 16.2. The molecule has 2 aliphatic heterocycles. The van der Waals surface area contributed by atoms with Gasteiger partial charge < -0.3 is 9.80 Å². The Morgan fingerprint density at radius 2 is 1.54 bits per heavy atom. The maximum absolute atomic E-state index is 13.0. The Morgan fingerprint density at radius 3 is 2.25 bits per heavy atom. The lowest BCUT2D eigenvalue weighted by Gasteiger charge is -2.32. The van der Waals surface area contributed by atoms with E-state index in [2.05, 4.69) is 4.90 Å². The molecule has 0 aliphatic carbocycles. The van der Waals surface area contributed by atoms with Gasteiger partial charge in [0, 0.05) is 31.7 Å². The molecule has 1 saturated heterocycles. The number of carbonyl (C=O) groups is 3. The molecule has 2 aromatic carbocycles. The second kappa shape index (κ2) is 6.87. The molecular weight excluding hydrogens is 354 g/mol. The first-order valence-electron chi connectivity index (χ1n) is 9.44. The maximum Gasteiger partial charge on any atom is 0.266 e. The van der Waals surface area contributed by atoms with E-state index in [1.807, 2.05) is 39.1 Å². The molecule has 0 atom stereocenters. The van der Waals surface area contributed by atoms with Gasteiger partial charge in [0.1, 0.15) is 0 Å². The smallest absolute Gasteiger partial charge is 0.266 e. The van der Waals surface area contributed by atoms with Crippen LogP contribution < -0.4 is 4.90 Å². The zero-order chi connectivity index (χ0) is 20.0. The normalized spacial score (nSPS) is 17.2. The lowest BCUT2D eigenvalue weighted by Crippen LogP contribution is -2.47. The molecule has 0 unspecified atom stereocenters. The summed E-state index contributed by atoms with van der Waals surface area (Å²) in [7, 11) is 2.03. The van der Waals surface area contributed by atoms with Crippen molar-refractivity contribution in [1.82, 2.24) is 9.80 Å². The summed E-state index contributed by atoms with van der Waals surface area (Å²) in [6, 6.07) is 10.5. The van der Waals surface area contributed by atoms with E-state index in [1.165, 1.54) is 4.90 Å². The van der Waals surface area contributed by atoms with E-state index >= 15 is 0 Å². The molecule has 0 saturated carbocycles. The first-order chi connectivity index (χ1) is 13.4. The third-order valence-electron chi connectivity index (χ3n) is 5.53. The van der Waals surface area contributed by atoms with Crippen molar-refractivity contribution in [3.63, 3.8) is 0 Å². The van der Waals surface area contributed by atoms with Gasteiger partial charge in [-0.3, -0.25) is 14.4 Å². The highest BCUT2D eigenvalue weighted by Crippen LogP contribution is 2.32. The number of aryl methyl sites for hydroxylation is 2. The molecule has 2 aromatic rings. The van der Waals surface area contributed by atoms with Crippen LogP contribution in [0.1, 0.15) is 42.2 Å². The molecule has 144 valence electrons. The number of fused-ring (bicyclic) bond motifs is 1. The quantitative estimate of drug-likeness (QED) is 0.755. The highest BCUT2D eigenvalue weighted by molar-refractivity contribution is 6.35. The van der Waals surface area contributed by atoms with Crippen LogP contribution in [0.3, 0.4) is 0 Å². The van der Waals surface area contributed by atoms with Crippen molar-refractivity contribution in [3.05, 3.63) is 64.2 Å². The molecule has 0 radical (unpaired) electrons. The molecule has 0 spiro atoms. The van der Waals surface area contributed by atoms with Crippen molar-refractivity contribution in [2.75, 3.05) is 38.1 Å². The van der Waals surface area contributed by atoms with Crippen LogP contribution in [0.25, 0.3) is 0 Å². The van der Waals surface area contributed by atoms with Crippen LogP contribution in [-0.4, -0.2) is 60.7 Å². The zero-order valence-corrected chi connectivity index (χ0v) is 16.4. The van der Waals surface area contributed by atoms with Gasteiger partial charge in [-0.1, -0.05) is 12.1 Å². The van der Waals surface area contributed by atoms with Gasteiger partial charge >= 0.3 is 0 Å².